The Morgan fingerprint density at radius 3 is 3.03 bits per heavy atom. The van der Waals surface area contributed by atoms with E-state index in [1.54, 1.807) is 18.5 Å². The molecule has 156 valence electrons. The lowest BCUT2D eigenvalue weighted by Crippen LogP contribution is -2.32. The van der Waals surface area contributed by atoms with E-state index in [4.69, 9.17) is 10.3 Å². The van der Waals surface area contributed by atoms with Crippen LogP contribution in [0.5, 0.6) is 0 Å². The van der Waals surface area contributed by atoms with Crippen LogP contribution in [0.4, 0.5) is 0 Å². The summed E-state index contributed by atoms with van der Waals surface area (Å²) in [5.74, 6) is 5.63. The molecule has 0 aromatic carbocycles. The van der Waals surface area contributed by atoms with Crippen molar-refractivity contribution in [3.05, 3.63) is 66.1 Å². The molecule has 0 spiro atoms. The van der Waals surface area contributed by atoms with E-state index in [0.717, 1.165) is 16.7 Å². The number of nitrogens with two attached hydrogens (primary N) is 1. The van der Waals surface area contributed by atoms with E-state index in [1.807, 2.05) is 22.7 Å². The van der Waals surface area contributed by atoms with E-state index in [9.17, 15) is 4.79 Å². The average Bonchev–Trinajstić information content (AvgIpc) is 3.39. The quantitative estimate of drug-likeness (QED) is 0.273. The Morgan fingerprint density at radius 2 is 2.19 bits per heavy atom. The highest BCUT2D eigenvalue weighted by Crippen LogP contribution is 2.39. The largest absolute Gasteiger partial charge is 0.464 e. The number of amides is 1. The summed E-state index contributed by atoms with van der Waals surface area (Å²) in [6.07, 6.45) is 11.2. The number of hydrazone groups is 1. The van der Waals surface area contributed by atoms with Crippen molar-refractivity contribution in [2.75, 3.05) is 0 Å². The number of hydrogen-bond donors (Lipinski definition) is 2. The molecule has 9 heteroatoms. The van der Waals surface area contributed by atoms with E-state index >= 15 is 0 Å². The van der Waals surface area contributed by atoms with Crippen LogP contribution in [0.15, 0.2) is 63.6 Å². The Hall–Kier alpha value is -4.01. The van der Waals surface area contributed by atoms with Gasteiger partial charge < -0.3 is 20.0 Å². The number of carbonyl (C=O) groups is 1. The molecular weight excluding hydrogens is 394 g/mol. The van der Waals surface area contributed by atoms with Gasteiger partial charge in [-0.3, -0.25) is 14.8 Å². The van der Waals surface area contributed by atoms with E-state index in [0.29, 0.717) is 23.7 Å². The molecule has 3 N–H and O–H groups in total. The van der Waals surface area contributed by atoms with Gasteiger partial charge in [0.2, 0.25) is 0 Å². The third kappa shape index (κ3) is 4.16. The minimum Gasteiger partial charge on any atom is -0.464 e. The number of nitrogens with one attached hydrogen (secondary N) is 1. The van der Waals surface area contributed by atoms with E-state index < -0.39 is 5.91 Å². The Labute approximate surface area is 177 Å². The molecule has 9 nitrogen and oxygen atoms in total. The van der Waals surface area contributed by atoms with Crippen LogP contribution in [-0.4, -0.2) is 32.2 Å². The SMILES string of the molecule is N/N=C(\C=NCc1cn2cc(C3CC3)ccc2n1)C(=O)NCc1cc2occc2cn1. The zero-order valence-corrected chi connectivity index (χ0v) is 16.7. The highest BCUT2D eigenvalue weighted by atomic mass is 16.3. The minimum absolute atomic E-state index is 0.0267. The molecular formula is C22H21N7O2. The van der Waals surface area contributed by atoms with Gasteiger partial charge in [-0.25, -0.2) is 4.98 Å². The van der Waals surface area contributed by atoms with Crippen molar-refractivity contribution < 1.29 is 9.21 Å². The molecule has 1 aliphatic rings. The first-order valence-corrected chi connectivity index (χ1v) is 10.0. The summed E-state index contributed by atoms with van der Waals surface area (Å²) < 4.78 is 7.37. The maximum Gasteiger partial charge on any atom is 0.273 e. The van der Waals surface area contributed by atoms with Gasteiger partial charge in [0.25, 0.3) is 5.91 Å². The van der Waals surface area contributed by atoms with Crippen LogP contribution < -0.4 is 11.2 Å². The molecule has 0 bridgehead atoms. The Kier molecular flexibility index (Phi) is 4.91. The summed E-state index contributed by atoms with van der Waals surface area (Å²) in [7, 11) is 0. The van der Waals surface area contributed by atoms with Gasteiger partial charge in [0.05, 0.1) is 37.0 Å². The molecule has 4 aromatic rings. The van der Waals surface area contributed by atoms with Gasteiger partial charge in [-0.2, -0.15) is 5.10 Å². The van der Waals surface area contributed by atoms with Gasteiger partial charge in [0.15, 0.2) is 5.71 Å². The van der Waals surface area contributed by atoms with Crippen molar-refractivity contribution in [2.24, 2.45) is 15.9 Å². The van der Waals surface area contributed by atoms with Crippen molar-refractivity contribution in [1.29, 1.82) is 0 Å². The number of aromatic nitrogens is 3. The zero-order chi connectivity index (χ0) is 21.2. The normalized spacial score (nSPS) is 14.6. The average molecular weight is 415 g/mol. The summed E-state index contributed by atoms with van der Waals surface area (Å²) in [5, 5.41) is 7.18. The smallest absolute Gasteiger partial charge is 0.273 e. The number of furan rings is 1. The molecule has 5 rings (SSSR count). The van der Waals surface area contributed by atoms with Crippen molar-refractivity contribution in [2.45, 2.75) is 31.8 Å². The fraction of sp³-hybridized carbons (Fsp3) is 0.227. The van der Waals surface area contributed by atoms with Crippen LogP contribution in [-0.2, 0) is 17.9 Å². The first-order valence-electron chi connectivity index (χ1n) is 10.0. The number of nitrogens with zero attached hydrogens (tertiary/aromatic N) is 5. The standard InChI is InChI=1S/C22H21N7O2/c23-28-19(22(30)26-10-17-7-20-15(8-25-17)5-6-31-20)11-24-9-18-13-29-12-16(14-1-2-14)3-4-21(29)27-18/h3-8,11-14H,1-2,9-10,23H2,(H,26,30)/b24-11?,28-19+. The lowest BCUT2D eigenvalue weighted by molar-refractivity contribution is -0.114. The number of pyridine rings is 2. The number of rotatable bonds is 7. The predicted octanol–water partition coefficient (Wildman–Crippen LogP) is 2.55. The second-order valence-corrected chi connectivity index (χ2v) is 7.54. The first kappa shape index (κ1) is 19.0. The van der Waals surface area contributed by atoms with Crippen molar-refractivity contribution in [3.63, 3.8) is 0 Å². The van der Waals surface area contributed by atoms with Crippen molar-refractivity contribution in [1.82, 2.24) is 19.7 Å². The molecule has 0 radical (unpaired) electrons. The summed E-state index contributed by atoms with van der Waals surface area (Å²) in [5.41, 5.74) is 4.43. The highest BCUT2D eigenvalue weighted by molar-refractivity contribution is 6.60. The third-order valence-corrected chi connectivity index (χ3v) is 5.24. The fourth-order valence-corrected chi connectivity index (χ4v) is 3.43. The molecule has 1 saturated carbocycles. The Morgan fingerprint density at radius 1 is 1.29 bits per heavy atom. The van der Waals surface area contributed by atoms with E-state index in [2.05, 4.69) is 37.6 Å². The van der Waals surface area contributed by atoms with Gasteiger partial charge >= 0.3 is 0 Å². The molecule has 0 atom stereocenters. The van der Waals surface area contributed by atoms with Gasteiger partial charge in [-0.15, -0.1) is 0 Å². The predicted molar refractivity (Wildman–Crippen MR) is 117 cm³/mol. The van der Waals surface area contributed by atoms with Crippen LogP contribution in [0, 0.1) is 0 Å². The molecule has 1 amide bonds. The summed E-state index contributed by atoms with van der Waals surface area (Å²) in [6, 6.07) is 7.76. The number of fused-ring (bicyclic) bond motifs is 2. The highest BCUT2D eigenvalue weighted by Gasteiger charge is 2.23. The number of imidazole rings is 1. The van der Waals surface area contributed by atoms with E-state index in [1.165, 1.54) is 24.6 Å². The van der Waals surface area contributed by atoms with Crippen LogP contribution in [0.25, 0.3) is 16.6 Å². The van der Waals surface area contributed by atoms with Crippen molar-refractivity contribution >= 4 is 34.4 Å². The zero-order valence-electron chi connectivity index (χ0n) is 16.7. The van der Waals surface area contributed by atoms with Gasteiger partial charge in [0, 0.05) is 30.0 Å². The van der Waals surface area contributed by atoms with Crippen LogP contribution >= 0.6 is 0 Å². The van der Waals surface area contributed by atoms with Crippen LogP contribution in [0.3, 0.4) is 0 Å². The molecule has 0 aliphatic heterocycles. The molecule has 4 heterocycles. The second-order valence-electron chi connectivity index (χ2n) is 7.54. The van der Waals surface area contributed by atoms with Crippen LogP contribution in [0.2, 0.25) is 0 Å². The van der Waals surface area contributed by atoms with Gasteiger partial charge in [-0.05, 0) is 36.5 Å². The maximum atomic E-state index is 12.4. The maximum absolute atomic E-state index is 12.4. The molecule has 4 aromatic heterocycles. The number of aliphatic imine (C=N–C) groups is 1. The lowest BCUT2D eigenvalue weighted by Gasteiger charge is -2.04. The first-order chi connectivity index (χ1) is 15.2. The summed E-state index contributed by atoms with van der Waals surface area (Å²) >= 11 is 0. The topological polar surface area (TPSA) is 123 Å². The van der Waals surface area contributed by atoms with E-state index in [-0.39, 0.29) is 12.3 Å². The second kappa shape index (κ2) is 8.02. The summed E-state index contributed by atoms with van der Waals surface area (Å²) in [4.78, 5) is 25.5. The molecule has 1 aliphatic carbocycles. The minimum atomic E-state index is -0.434. The number of carbonyl (C=O) groups excluding carboxylic acids is 1. The fourth-order valence-electron chi connectivity index (χ4n) is 3.43. The Bertz CT molecular complexity index is 1310. The summed E-state index contributed by atoms with van der Waals surface area (Å²) in [6.45, 7) is 0.543. The Balaban J connectivity index is 1.19. The van der Waals surface area contributed by atoms with Crippen molar-refractivity contribution in [3.8, 4) is 0 Å². The lowest BCUT2D eigenvalue weighted by atomic mass is 10.2. The van der Waals surface area contributed by atoms with Crippen LogP contribution in [0.1, 0.15) is 35.7 Å². The van der Waals surface area contributed by atoms with Gasteiger partial charge in [0.1, 0.15) is 11.2 Å². The third-order valence-electron chi connectivity index (χ3n) is 5.24. The molecule has 0 saturated heterocycles. The van der Waals surface area contributed by atoms with Gasteiger partial charge in [-0.1, -0.05) is 6.07 Å². The number of hydrogen-bond acceptors (Lipinski definition) is 7. The molecule has 31 heavy (non-hydrogen) atoms. The molecule has 0 unspecified atom stereocenters. The monoisotopic (exact) mass is 415 g/mol. The molecule has 1 fully saturated rings.